The standard InChI is InChI=1S/C23H33N5O2/c1-23(2,3)19-10-11-24-22(27-19)26-18-14-30-20-17(13-29-21(18)20)25-12-15-6-8-16(9-7-15)28(4)5/h6-11,17-18,20-21,25H,12-14H2,1-5H3,(H,24,26,27)/p+1/t17-,18-,20+,21+/m0/s1. The van der Waals surface area contributed by atoms with E-state index >= 15 is 0 Å². The Hall–Kier alpha value is -2.22. The number of nitrogens with two attached hydrogens (primary N) is 1. The molecule has 3 N–H and O–H groups in total. The molecule has 4 atom stereocenters. The fourth-order valence-corrected chi connectivity index (χ4v) is 4.08. The molecule has 0 radical (unpaired) electrons. The van der Waals surface area contributed by atoms with Crippen LogP contribution in [0, 0.1) is 0 Å². The van der Waals surface area contributed by atoms with Gasteiger partial charge in [-0.1, -0.05) is 32.9 Å². The average molecular weight is 413 g/mol. The van der Waals surface area contributed by atoms with Crippen LogP contribution in [0.1, 0.15) is 32.0 Å². The first kappa shape index (κ1) is 21.0. The molecule has 2 aliphatic rings. The van der Waals surface area contributed by atoms with Crippen LogP contribution in [0.4, 0.5) is 11.6 Å². The second kappa shape index (κ2) is 8.49. The third kappa shape index (κ3) is 4.58. The van der Waals surface area contributed by atoms with Crippen LogP contribution in [-0.2, 0) is 21.4 Å². The molecule has 0 saturated carbocycles. The molecule has 30 heavy (non-hydrogen) atoms. The maximum Gasteiger partial charge on any atom is 0.223 e. The largest absolute Gasteiger partial charge is 0.378 e. The van der Waals surface area contributed by atoms with Crippen molar-refractivity contribution in [3.63, 3.8) is 0 Å². The van der Waals surface area contributed by atoms with Gasteiger partial charge in [-0.3, -0.25) is 0 Å². The van der Waals surface area contributed by atoms with E-state index in [-0.39, 0.29) is 23.7 Å². The number of ether oxygens (including phenoxy) is 2. The smallest absolute Gasteiger partial charge is 0.223 e. The normalized spacial score (nSPS) is 25.9. The number of quaternary nitrogens is 1. The second-order valence-electron chi connectivity index (χ2n) is 9.53. The van der Waals surface area contributed by atoms with Crippen LogP contribution < -0.4 is 15.5 Å². The third-order valence-electron chi connectivity index (χ3n) is 5.94. The summed E-state index contributed by atoms with van der Waals surface area (Å²) in [4.78, 5) is 11.2. The van der Waals surface area contributed by atoms with Gasteiger partial charge >= 0.3 is 0 Å². The number of hydrogen-bond donors (Lipinski definition) is 2. The highest BCUT2D eigenvalue weighted by Gasteiger charge is 2.49. The number of rotatable bonds is 6. The van der Waals surface area contributed by atoms with Gasteiger partial charge < -0.3 is 25.0 Å². The van der Waals surface area contributed by atoms with Crippen molar-refractivity contribution in [2.75, 3.05) is 37.5 Å². The summed E-state index contributed by atoms with van der Waals surface area (Å²) in [5.41, 5.74) is 3.54. The van der Waals surface area contributed by atoms with E-state index in [1.807, 2.05) is 12.3 Å². The fourth-order valence-electron chi connectivity index (χ4n) is 4.08. The van der Waals surface area contributed by atoms with Gasteiger partial charge in [0, 0.05) is 37.0 Å². The van der Waals surface area contributed by atoms with Crippen molar-refractivity contribution in [3.05, 3.63) is 47.8 Å². The summed E-state index contributed by atoms with van der Waals surface area (Å²) in [7, 11) is 4.12. The van der Waals surface area contributed by atoms with Crippen molar-refractivity contribution in [3.8, 4) is 0 Å². The van der Waals surface area contributed by atoms with Crippen LogP contribution in [0.5, 0.6) is 0 Å². The molecule has 0 amide bonds. The Labute approximate surface area is 179 Å². The predicted octanol–water partition coefficient (Wildman–Crippen LogP) is 1.55. The molecule has 1 aromatic heterocycles. The molecule has 3 heterocycles. The van der Waals surface area contributed by atoms with Gasteiger partial charge in [0.05, 0.1) is 18.3 Å². The number of nitrogens with zero attached hydrogens (tertiary/aromatic N) is 3. The summed E-state index contributed by atoms with van der Waals surface area (Å²) in [6.07, 6.45) is 1.94. The van der Waals surface area contributed by atoms with Crippen LogP contribution in [-0.4, -0.2) is 61.6 Å². The number of aromatic nitrogens is 2. The molecule has 2 aromatic rings. The van der Waals surface area contributed by atoms with E-state index in [9.17, 15) is 0 Å². The number of hydrogen-bond acceptors (Lipinski definition) is 6. The Balaban J connectivity index is 1.33. The third-order valence-corrected chi connectivity index (χ3v) is 5.94. The van der Waals surface area contributed by atoms with Gasteiger partial charge in [0.1, 0.15) is 31.4 Å². The molecule has 7 nitrogen and oxygen atoms in total. The summed E-state index contributed by atoms with van der Waals surface area (Å²) >= 11 is 0. The Morgan fingerprint density at radius 1 is 1.07 bits per heavy atom. The van der Waals surface area contributed by atoms with Crippen molar-refractivity contribution in [1.29, 1.82) is 0 Å². The molecule has 0 aliphatic carbocycles. The van der Waals surface area contributed by atoms with Gasteiger partial charge in [-0.2, -0.15) is 0 Å². The molecule has 1 aromatic carbocycles. The zero-order valence-corrected chi connectivity index (χ0v) is 18.6. The van der Waals surface area contributed by atoms with E-state index in [1.165, 1.54) is 11.3 Å². The SMILES string of the molecule is CN(C)c1ccc(C[NH2+][C@H]2CO[C@H]3[C@@H]2OC[C@@H]3Nc2nccc(C(C)(C)C)n2)cc1. The maximum atomic E-state index is 6.13. The molecule has 0 unspecified atom stereocenters. The van der Waals surface area contributed by atoms with E-state index in [4.69, 9.17) is 14.5 Å². The Kier molecular flexibility index (Phi) is 5.95. The summed E-state index contributed by atoms with van der Waals surface area (Å²) in [5, 5.41) is 5.79. The van der Waals surface area contributed by atoms with Crippen LogP contribution in [0.3, 0.4) is 0 Å². The molecule has 0 spiro atoms. The van der Waals surface area contributed by atoms with Gasteiger partial charge in [-0.05, 0) is 18.2 Å². The van der Waals surface area contributed by atoms with Crippen molar-refractivity contribution < 1.29 is 14.8 Å². The van der Waals surface area contributed by atoms with Crippen molar-refractivity contribution >= 4 is 11.6 Å². The van der Waals surface area contributed by atoms with E-state index in [1.54, 1.807) is 0 Å². The number of anilines is 2. The average Bonchev–Trinajstić information content (AvgIpc) is 3.29. The topological polar surface area (TPSA) is 76.1 Å². The highest BCUT2D eigenvalue weighted by molar-refractivity contribution is 5.45. The van der Waals surface area contributed by atoms with Gasteiger partial charge in [0.2, 0.25) is 5.95 Å². The molecular weight excluding hydrogens is 378 g/mol. The second-order valence-corrected chi connectivity index (χ2v) is 9.53. The van der Waals surface area contributed by atoms with E-state index in [0.29, 0.717) is 25.2 Å². The molecular formula is C23H34N5O2+. The summed E-state index contributed by atoms with van der Waals surface area (Å²) in [6, 6.07) is 11.1. The summed E-state index contributed by atoms with van der Waals surface area (Å²) < 4.78 is 12.3. The monoisotopic (exact) mass is 412 g/mol. The van der Waals surface area contributed by atoms with Crippen LogP contribution in [0.15, 0.2) is 36.5 Å². The Bertz CT molecular complexity index is 849. The lowest BCUT2D eigenvalue weighted by Gasteiger charge is -2.20. The van der Waals surface area contributed by atoms with Crippen molar-refractivity contribution in [1.82, 2.24) is 9.97 Å². The lowest BCUT2D eigenvalue weighted by Crippen LogP contribution is -2.91. The van der Waals surface area contributed by atoms with Gasteiger partial charge in [0.25, 0.3) is 0 Å². The van der Waals surface area contributed by atoms with Crippen molar-refractivity contribution in [2.24, 2.45) is 0 Å². The van der Waals surface area contributed by atoms with Gasteiger partial charge in [-0.15, -0.1) is 0 Å². The minimum atomic E-state index is -0.0112. The summed E-state index contributed by atoms with van der Waals surface area (Å²) in [5.74, 6) is 0.647. The lowest BCUT2D eigenvalue weighted by molar-refractivity contribution is -0.707. The highest BCUT2D eigenvalue weighted by Crippen LogP contribution is 2.28. The van der Waals surface area contributed by atoms with Crippen LogP contribution >= 0.6 is 0 Å². The number of benzene rings is 1. The molecule has 2 aliphatic heterocycles. The number of nitrogens with one attached hydrogen (secondary N) is 1. The van der Waals surface area contributed by atoms with E-state index < -0.39 is 0 Å². The van der Waals surface area contributed by atoms with E-state index in [0.717, 1.165) is 12.2 Å². The quantitative estimate of drug-likeness (QED) is 0.750. The first-order valence-electron chi connectivity index (χ1n) is 10.7. The summed E-state index contributed by atoms with van der Waals surface area (Å²) in [6.45, 7) is 8.70. The van der Waals surface area contributed by atoms with Crippen LogP contribution in [0.25, 0.3) is 0 Å². The zero-order chi connectivity index (χ0) is 21.3. The lowest BCUT2D eigenvalue weighted by atomic mass is 9.92. The molecule has 7 heteroatoms. The van der Waals surface area contributed by atoms with Crippen molar-refractivity contribution in [2.45, 2.75) is 57.0 Å². The first-order chi connectivity index (χ1) is 14.3. The molecule has 2 saturated heterocycles. The minimum absolute atomic E-state index is 0.0112. The zero-order valence-electron chi connectivity index (χ0n) is 18.6. The minimum Gasteiger partial charge on any atom is -0.378 e. The predicted molar refractivity (Wildman–Crippen MR) is 118 cm³/mol. The highest BCUT2D eigenvalue weighted by atomic mass is 16.6. The number of fused-ring (bicyclic) bond motifs is 1. The van der Waals surface area contributed by atoms with Gasteiger partial charge in [-0.25, -0.2) is 9.97 Å². The van der Waals surface area contributed by atoms with Gasteiger partial charge in [0.15, 0.2) is 0 Å². The molecule has 4 rings (SSSR count). The first-order valence-corrected chi connectivity index (χ1v) is 10.7. The Morgan fingerprint density at radius 3 is 2.50 bits per heavy atom. The van der Waals surface area contributed by atoms with E-state index in [2.05, 4.69) is 79.6 Å². The van der Waals surface area contributed by atoms with Crippen LogP contribution in [0.2, 0.25) is 0 Å². The Morgan fingerprint density at radius 2 is 1.80 bits per heavy atom. The molecule has 162 valence electrons. The maximum absolute atomic E-state index is 6.13. The molecule has 0 bridgehead atoms. The fraction of sp³-hybridized carbons (Fsp3) is 0.565. The molecule has 2 fully saturated rings.